The fourth-order valence-electron chi connectivity index (χ4n) is 3.85. The van der Waals surface area contributed by atoms with Crippen molar-refractivity contribution in [1.29, 1.82) is 5.26 Å². The number of nitriles is 1. The van der Waals surface area contributed by atoms with Gasteiger partial charge in [0.1, 0.15) is 6.04 Å². The van der Waals surface area contributed by atoms with Crippen molar-refractivity contribution in [2.24, 2.45) is 0 Å². The molecule has 0 bridgehead atoms. The van der Waals surface area contributed by atoms with Crippen molar-refractivity contribution in [3.05, 3.63) is 17.2 Å². The molecule has 134 valence electrons. The number of fused-ring (bicyclic) bond motifs is 1. The molecule has 0 saturated heterocycles. The van der Waals surface area contributed by atoms with Crippen LogP contribution in [0.2, 0.25) is 0 Å². The molecular weight excluding hydrogens is 324 g/mol. The Bertz CT molecular complexity index is 719. The average molecular weight is 346 g/mol. The van der Waals surface area contributed by atoms with Gasteiger partial charge in [-0.1, -0.05) is 0 Å². The van der Waals surface area contributed by atoms with Crippen molar-refractivity contribution < 1.29 is 24.1 Å². The highest BCUT2D eigenvalue weighted by Gasteiger charge is 2.45. The Kier molecular flexibility index (Phi) is 4.73. The summed E-state index contributed by atoms with van der Waals surface area (Å²) in [4.78, 5) is 14.8. The summed E-state index contributed by atoms with van der Waals surface area (Å²) in [5, 5.41) is 19.5. The number of hydrogen-bond donors (Lipinski definition) is 1. The monoisotopic (exact) mass is 346 g/mol. The van der Waals surface area contributed by atoms with Crippen LogP contribution < -0.4 is 14.2 Å². The van der Waals surface area contributed by atoms with Crippen LogP contribution in [0.3, 0.4) is 0 Å². The van der Waals surface area contributed by atoms with Gasteiger partial charge in [-0.15, -0.1) is 0 Å². The lowest BCUT2D eigenvalue weighted by Crippen LogP contribution is -2.41. The van der Waals surface area contributed by atoms with E-state index in [9.17, 15) is 15.2 Å². The second-order valence-corrected chi connectivity index (χ2v) is 6.32. The lowest BCUT2D eigenvalue weighted by Gasteiger charge is -2.34. The molecule has 0 spiro atoms. The normalized spacial score (nSPS) is 25.3. The first kappa shape index (κ1) is 17.4. The highest BCUT2D eigenvalue weighted by molar-refractivity contribution is 6.03. The van der Waals surface area contributed by atoms with Gasteiger partial charge in [-0.25, -0.2) is 0 Å². The van der Waals surface area contributed by atoms with E-state index in [1.54, 1.807) is 11.0 Å². The van der Waals surface area contributed by atoms with Crippen molar-refractivity contribution in [1.82, 2.24) is 4.90 Å². The molecule has 1 saturated carbocycles. The predicted octanol–water partition coefficient (Wildman–Crippen LogP) is 2.04. The van der Waals surface area contributed by atoms with Gasteiger partial charge in [0.05, 0.1) is 39.1 Å². The molecule has 2 aliphatic rings. The zero-order valence-corrected chi connectivity index (χ0v) is 14.6. The molecule has 1 aromatic carbocycles. The van der Waals surface area contributed by atoms with Crippen LogP contribution in [0, 0.1) is 11.3 Å². The maximum Gasteiger partial charge on any atom is 0.259 e. The lowest BCUT2D eigenvalue weighted by atomic mass is 9.91. The number of hydrogen-bond acceptors (Lipinski definition) is 6. The van der Waals surface area contributed by atoms with E-state index in [1.807, 2.05) is 0 Å². The van der Waals surface area contributed by atoms with Crippen LogP contribution in [0.5, 0.6) is 17.2 Å². The van der Waals surface area contributed by atoms with Crippen LogP contribution in [-0.4, -0.2) is 49.4 Å². The second kappa shape index (κ2) is 6.81. The molecule has 1 fully saturated rings. The Hall–Kier alpha value is -2.46. The molecular formula is C18H22N2O5. The first-order valence-electron chi connectivity index (χ1n) is 8.30. The summed E-state index contributed by atoms with van der Waals surface area (Å²) < 4.78 is 16.1. The quantitative estimate of drug-likeness (QED) is 0.897. The van der Waals surface area contributed by atoms with Gasteiger partial charge in [0.15, 0.2) is 11.5 Å². The van der Waals surface area contributed by atoms with E-state index >= 15 is 0 Å². The SMILES string of the molecule is COc1cc2c(c(OC)c1OC)C(=O)N(C1CCC(O)CC1)C2C#N. The third kappa shape index (κ3) is 2.67. The van der Waals surface area contributed by atoms with Crippen LogP contribution in [-0.2, 0) is 0 Å². The van der Waals surface area contributed by atoms with Crippen molar-refractivity contribution in [2.75, 3.05) is 21.3 Å². The third-order valence-corrected chi connectivity index (χ3v) is 5.06. The molecule has 1 aliphatic heterocycles. The zero-order valence-electron chi connectivity index (χ0n) is 14.6. The topological polar surface area (TPSA) is 92.0 Å². The molecule has 0 radical (unpaired) electrons. The number of aliphatic hydroxyl groups is 1. The maximum atomic E-state index is 13.1. The second-order valence-electron chi connectivity index (χ2n) is 6.32. The Morgan fingerprint density at radius 1 is 1.12 bits per heavy atom. The minimum Gasteiger partial charge on any atom is -0.493 e. The molecule has 1 N–H and O–H groups in total. The molecule has 1 atom stereocenters. The number of methoxy groups -OCH3 is 3. The van der Waals surface area contributed by atoms with E-state index in [0.717, 1.165) is 0 Å². The van der Waals surface area contributed by atoms with E-state index in [1.165, 1.54) is 21.3 Å². The van der Waals surface area contributed by atoms with Gasteiger partial charge in [0.25, 0.3) is 5.91 Å². The van der Waals surface area contributed by atoms with Crippen molar-refractivity contribution in [2.45, 2.75) is 43.9 Å². The van der Waals surface area contributed by atoms with E-state index in [4.69, 9.17) is 14.2 Å². The Labute approximate surface area is 146 Å². The first-order chi connectivity index (χ1) is 12.1. The Balaban J connectivity index is 2.09. The van der Waals surface area contributed by atoms with Gasteiger partial charge in [0, 0.05) is 11.6 Å². The van der Waals surface area contributed by atoms with Crippen molar-refractivity contribution >= 4 is 5.91 Å². The number of amides is 1. The third-order valence-electron chi connectivity index (χ3n) is 5.06. The van der Waals surface area contributed by atoms with Crippen LogP contribution >= 0.6 is 0 Å². The summed E-state index contributed by atoms with van der Waals surface area (Å²) in [6, 6.07) is 3.15. The summed E-state index contributed by atoms with van der Waals surface area (Å²) >= 11 is 0. The summed E-state index contributed by atoms with van der Waals surface area (Å²) in [6.07, 6.45) is 2.29. The molecule has 1 aliphatic carbocycles. The van der Waals surface area contributed by atoms with E-state index < -0.39 is 6.04 Å². The van der Waals surface area contributed by atoms with Crippen LogP contribution in [0.4, 0.5) is 0 Å². The van der Waals surface area contributed by atoms with Gasteiger partial charge < -0.3 is 24.2 Å². The molecule has 7 nitrogen and oxygen atoms in total. The molecule has 1 heterocycles. The number of aliphatic hydroxyl groups excluding tert-OH is 1. The molecule has 1 unspecified atom stereocenters. The lowest BCUT2D eigenvalue weighted by molar-refractivity contribution is 0.0477. The maximum absolute atomic E-state index is 13.1. The van der Waals surface area contributed by atoms with Gasteiger partial charge in [0.2, 0.25) is 5.75 Å². The Morgan fingerprint density at radius 2 is 1.76 bits per heavy atom. The number of carbonyl (C=O) groups excluding carboxylic acids is 1. The zero-order chi connectivity index (χ0) is 18.1. The summed E-state index contributed by atoms with van der Waals surface area (Å²) in [5.74, 6) is 0.822. The summed E-state index contributed by atoms with van der Waals surface area (Å²) in [7, 11) is 4.45. The molecule has 7 heteroatoms. The highest BCUT2D eigenvalue weighted by Crippen LogP contribution is 2.49. The molecule has 1 aromatic rings. The molecule has 25 heavy (non-hydrogen) atoms. The van der Waals surface area contributed by atoms with Crippen LogP contribution in [0.25, 0.3) is 0 Å². The number of carbonyl (C=O) groups is 1. The first-order valence-corrected chi connectivity index (χ1v) is 8.30. The number of ether oxygens (including phenoxy) is 3. The van der Waals surface area contributed by atoms with Crippen molar-refractivity contribution in [3.63, 3.8) is 0 Å². The smallest absolute Gasteiger partial charge is 0.259 e. The van der Waals surface area contributed by atoms with Gasteiger partial charge in [-0.2, -0.15) is 5.26 Å². The van der Waals surface area contributed by atoms with Crippen LogP contribution in [0.1, 0.15) is 47.6 Å². The minimum atomic E-state index is -0.698. The fourth-order valence-corrected chi connectivity index (χ4v) is 3.85. The number of rotatable bonds is 4. The molecule has 3 rings (SSSR count). The van der Waals surface area contributed by atoms with Gasteiger partial charge in [-0.3, -0.25) is 4.79 Å². The van der Waals surface area contributed by atoms with E-state index in [2.05, 4.69) is 6.07 Å². The summed E-state index contributed by atoms with van der Waals surface area (Å²) in [5.41, 5.74) is 0.936. The summed E-state index contributed by atoms with van der Waals surface area (Å²) in [6.45, 7) is 0. The standard InChI is InChI=1S/C18H22N2O5/c1-23-14-8-12-13(9-19)20(10-4-6-11(21)7-5-10)18(22)15(12)17(25-3)16(14)24-2/h8,10-11,13,21H,4-7H2,1-3H3. The Morgan fingerprint density at radius 3 is 2.28 bits per heavy atom. The molecule has 1 amide bonds. The van der Waals surface area contributed by atoms with Crippen molar-refractivity contribution in [3.8, 4) is 23.3 Å². The van der Waals surface area contributed by atoms with E-state index in [-0.39, 0.29) is 18.1 Å². The minimum absolute atomic E-state index is 0.0744. The average Bonchev–Trinajstić information content (AvgIpc) is 2.92. The molecule has 0 aromatic heterocycles. The van der Waals surface area contributed by atoms with Crippen LogP contribution in [0.15, 0.2) is 6.07 Å². The fraction of sp³-hybridized carbons (Fsp3) is 0.556. The largest absolute Gasteiger partial charge is 0.493 e. The number of nitrogens with zero attached hydrogens (tertiary/aromatic N) is 2. The van der Waals surface area contributed by atoms with Gasteiger partial charge >= 0.3 is 0 Å². The van der Waals surface area contributed by atoms with Gasteiger partial charge in [-0.05, 0) is 31.7 Å². The highest BCUT2D eigenvalue weighted by atomic mass is 16.5. The predicted molar refractivity (Wildman–Crippen MR) is 88.9 cm³/mol. The number of benzene rings is 1. The van der Waals surface area contributed by atoms with E-state index in [0.29, 0.717) is 54.1 Å².